The molecule has 0 radical (unpaired) electrons. The van der Waals surface area contributed by atoms with Crippen molar-refractivity contribution in [3.8, 4) is 29.0 Å². The second-order valence-electron chi connectivity index (χ2n) is 6.91. The van der Waals surface area contributed by atoms with Crippen molar-refractivity contribution in [1.29, 1.82) is 5.26 Å². The van der Waals surface area contributed by atoms with E-state index >= 15 is 0 Å². The predicted octanol–water partition coefficient (Wildman–Crippen LogP) is 2.59. The van der Waals surface area contributed by atoms with Gasteiger partial charge >= 0.3 is 0 Å². The SMILES string of the molecule is CCOc1ccc(-n2nc(C(=O)N/N=C/c3cc(OC)ccc3OC)c(C)c(C#N)c2=O)cc1. The Hall–Kier alpha value is -4.65. The largest absolute Gasteiger partial charge is 0.497 e. The molecule has 3 aromatic rings. The zero-order valence-electron chi connectivity index (χ0n) is 19.2. The molecule has 1 heterocycles. The summed E-state index contributed by atoms with van der Waals surface area (Å²) in [5.41, 5.74) is 2.55. The van der Waals surface area contributed by atoms with Gasteiger partial charge in [-0.1, -0.05) is 0 Å². The lowest BCUT2D eigenvalue weighted by Crippen LogP contribution is -2.31. The van der Waals surface area contributed by atoms with Gasteiger partial charge in [-0.15, -0.1) is 0 Å². The molecule has 0 saturated carbocycles. The van der Waals surface area contributed by atoms with Gasteiger partial charge in [0.15, 0.2) is 5.69 Å². The summed E-state index contributed by atoms with van der Waals surface area (Å²) in [6.07, 6.45) is 1.39. The summed E-state index contributed by atoms with van der Waals surface area (Å²) in [4.78, 5) is 25.6. The third-order valence-electron chi connectivity index (χ3n) is 4.86. The minimum absolute atomic E-state index is 0.111. The van der Waals surface area contributed by atoms with Crippen LogP contribution < -0.4 is 25.2 Å². The molecule has 3 rings (SSSR count). The first-order valence-electron chi connectivity index (χ1n) is 10.3. The first-order chi connectivity index (χ1) is 16.4. The Morgan fingerprint density at radius 1 is 1.18 bits per heavy atom. The zero-order chi connectivity index (χ0) is 24.7. The molecule has 0 atom stereocenters. The van der Waals surface area contributed by atoms with E-state index in [2.05, 4.69) is 15.6 Å². The summed E-state index contributed by atoms with van der Waals surface area (Å²) in [5, 5.41) is 17.7. The number of carbonyl (C=O) groups is 1. The standard InChI is InChI=1S/C24H23N5O5/c1-5-34-18-8-6-17(7-9-18)29-24(31)20(13-25)15(2)22(28-29)23(30)27-26-14-16-12-19(32-3)10-11-21(16)33-4/h6-12,14H,5H2,1-4H3,(H,27,30)/b26-14+. The van der Waals surface area contributed by atoms with E-state index in [0.29, 0.717) is 35.1 Å². The fraction of sp³-hybridized carbons (Fsp3) is 0.208. The van der Waals surface area contributed by atoms with Gasteiger partial charge in [0.1, 0.15) is 28.9 Å². The summed E-state index contributed by atoms with van der Waals surface area (Å²) in [5.74, 6) is 1.05. The number of carbonyl (C=O) groups excluding carboxylic acids is 1. The monoisotopic (exact) mass is 461 g/mol. The molecule has 0 aliphatic rings. The molecule has 0 aliphatic heterocycles. The molecule has 10 nitrogen and oxygen atoms in total. The molecule has 2 aromatic carbocycles. The zero-order valence-corrected chi connectivity index (χ0v) is 19.2. The highest BCUT2D eigenvalue weighted by Gasteiger charge is 2.20. The highest BCUT2D eigenvalue weighted by atomic mass is 16.5. The number of nitrogens with one attached hydrogen (secondary N) is 1. The minimum Gasteiger partial charge on any atom is -0.497 e. The van der Waals surface area contributed by atoms with Crippen LogP contribution in [0.4, 0.5) is 0 Å². The van der Waals surface area contributed by atoms with Crippen LogP contribution in [0.25, 0.3) is 5.69 Å². The molecule has 174 valence electrons. The van der Waals surface area contributed by atoms with Gasteiger partial charge in [0.05, 0.1) is 32.7 Å². The fourth-order valence-electron chi connectivity index (χ4n) is 3.13. The molecule has 1 N–H and O–H groups in total. The molecular weight excluding hydrogens is 438 g/mol. The van der Waals surface area contributed by atoms with Gasteiger partial charge < -0.3 is 14.2 Å². The Morgan fingerprint density at radius 3 is 2.50 bits per heavy atom. The second kappa shape index (κ2) is 10.8. The molecule has 1 amide bonds. The average Bonchev–Trinajstić information content (AvgIpc) is 2.85. The predicted molar refractivity (Wildman–Crippen MR) is 125 cm³/mol. The topological polar surface area (TPSA) is 128 Å². The van der Waals surface area contributed by atoms with Gasteiger partial charge in [-0.3, -0.25) is 9.59 Å². The van der Waals surface area contributed by atoms with Gasteiger partial charge in [-0.05, 0) is 56.3 Å². The molecule has 0 bridgehead atoms. The van der Waals surface area contributed by atoms with Gasteiger partial charge in [-0.25, -0.2) is 5.43 Å². The minimum atomic E-state index is -0.688. The van der Waals surface area contributed by atoms with Gasteiger partial charge in [0.2, 0.25) is 0 Å². The third kappa shape index (κ3) is 5.05. The number of methoxy groups -OCH3 is 2. The van der Waals surface area contributed by atoms with Crippen molar-refractivity contribution in [2.75, 3.05) is 20.8 Å². The van der Waals surface area contributed by atoms with Gasteiger partial charge in [-0.2, -0.15) is 20.1 Å². The first-order valence-corrected chi connectivity index (χ1v) is 10.3. The average molecular weight is 461 g/mol. The number of nitrogens with zero attached hydrogens (tertiary/aromatic N) is 4. The van der Waals surface area contributed by atoms with E-state index in [1.54, 1.807) is 42.5 Å². The van der Waals surface area contributed by atoms with Crippen LogP contribution >= 0.6 is 0 Å². The first kappa shape index (κ1) is 24.0. The van der Waals surface area contributed by atoms with Crippen molar-refractivity contribution in [3.63, 3.8) is 0 Å². The number of benzene rings is 2. The Kier molecular flexibility index (Phi) is 7.61. The number of nitriles is 1. The molecule has 0 unspecified atom stereocenters. The summed E-state index contributed by atoms with van der Waals surface area (Å²) in [7, 11) is 3.05. The van der Waals surface area contributed by atoms with E-state index in [0.717, 1.165) is 4.68 Å². The normalized spacial score (nSPS) is 10.6. The molecule has 0 saturated heterocycles. The summed E-state index contributed by atoms with van der Waals surface area (Å²) in [6.45, 7) is 3.84. The number of amides is 1. The van der Waals surface area contributed by atoms with E-state index in [-0.39, 0.29) is 16.8 Å². The maximum atomic E-state index is 12.8. The van der Waals surface area contributed by atoms with E-state index in [9.17, 15) is 14.9 Å². The lowest BCUT2D eigenvalue weighted by molar-refractivity contribution is 0.0947. The van der Waals surface area contributed by atoms with Crippen molar-refractivity contribution in [1.82, 2.24) is 15.2 Å². The van der Waals surface area contributed by atoms with Crippen LogP contribution in [-0.4, -0.2) is 42.7 Å². The second-order valence-corrected chi connectivity index (χ2v) is 6.91. The number of rotatable bonds is 8. The molecule has 34 heavy (non-hydrogen) atoms. The Bertz CT molecular complexity index is 1320. The fourth-order valence-corrected chi connectivity index (χ4v) is 3.13. The third-order valence-corrected chi connectivity index (χ3v) is 4.86. The van der Waals surface area contributed by atoms with Crippen LogP contribution in [0.15, 0.2) is 52.4 Å². The molecular formula is C24H23N5O5. The smallest absolute Gasteiger partial charge is 0.292 e. The number of hydrogen-bond acceptors (Lipinski definition) is 8. The number of hydrogen-bond donors (Lipinski definition) is 1. The van der Waals surface area contributed by atoms with Crippen molar-refractivity contribution in [2.24, 2.45) is 5.10 Å². The quantitative estimate of drug-likeness (QED) is 0.403. The Labute approximate surface area is 196 Å². The highest BCUT2D eigenvalue weighted by Crippen LogP contribution is 2.22. The maximum absolute atomic E-state index is 12.8. The van der Waals surface area contributed by atoms with E-state index in [1.165, 1.54) is 27.4 Å². The number of aromatic nitrogens is 2. The highest BCUT2D eigenvalue weighted by molar-refractivity contribution is 5.95. The summed E-state index contributed by atoms with van der Waals surface area (Å²) < 4.78 is 16.9. The maximum Gasteiger partial charge on any atom is 0.292 e. The number of ether oxygens (including phenoxy) is 3. The Balaban J connectivity index is 1.94. The summed E-state index contributed by atoms with van der Waals surface area (Å²) in [6, 6.07) is 13.6. The van der Waals surface area contributed by atoms with E-state index in [1.807, 2.05) is 13.0 Å². The van der Waals surface area contributed by atoms with Crippen LogP contribution in [0.2, 0.25) is 0 Å². The lowest BCUT2D eigenvalue weighted by atomic mass is 10.1. The van der Waals surface area contributed by atoms with Crippen LogP contribution in [0.3, 0.4) is 0 Å². The van der Waals surface area contributed by atoms with Crippen LogP contribution in [0, 0.1) is 18.3 Å². The molecule has 10 heteroatoms. The lowest BCUT2D eigenvalue weighted by Gasteiger charge is -2.11. The molecule has 0 aliphatic carbocycles. The Morgan fingerprint density at radius 2 is 1.88 bits per heavy atom. The van der Waals surface area contributed by atoms with E-state index < -0.39 is 11.5 Å². The molecule has 0 fully saturated rings. The van der Waals surface area contributed by atoms with Gasteiger partial charge in [0.25, 0.3) is 11.5 Å². The van der Waals surface area contributed by atoms with Crippen LogP contribution in [0.1, 0.15) is 34.1 Å². The van der Waals surface area contributed by atoms with Gasteiger partial charge in [0, 0.05) is 11.1 Å². The summed E-state index contributed by atoms with van der Waals surface area (Å²) >= 11 is 0. The molecule has 0 spiro atoms. The van der Waals surface area contributed by atoms with Crippen LogP contribution in [0.5, 0.6) is 17.2 Å². The van der Waals surface area contributed by atoms with Crippen molar-refractivity contribution in [3.05, 3.63) is 75.2 Å². The molecule has 1 aromatic heterocycles. The van der Waals surface area contributed by atoms with E-state index in [4.69, 9.17) is 14.2 Å². The van der Waals surface area contributed by atoms with Crippen molar-refractivity contribution in [2.45, 2.75) is 13.8 Å². The number of hydrazone groups is 1. The van der Waals surface area contributed by atoms with Crippen LogP contribution in [-0.2, 0) is 0 Å². The van der Waals surface area contributed by atoms with Crippen molar-refractivity contribution < 1.29 is 19.0 Å². The van der Waals surface area contributed by atoms with Crippen molar-refractivity contribution >= 4 is 12.1 Å².